The minimum absolute atomic E-state index is 0.528. The van der Waals surface area contributed by atoms with Crippen molar-refractivity contribution in [3.05, 3.63) is 94.5 Å². The van der Waals surface area contributed by atoms with Gasteiger partial charge in [-0.2, -0.15) is 5.26 Å². The molecule has 0 aliphatic rings. The fourth-order valence-corrected chi connectivity index (χ4v) is 2.82. The zero-order chi connectivity index (χ0) is 21.3. The summed E-state index contributed by atoms with van der Waals surface area (Å²) in [5.74, 6) is 0.753. The van der Waals surface area contributed by atoms with Gasteiger partial charge in [-0.05, 0) is 47.0 Å². The molecular formula is C25H20N2O3. The molecule has 0 spiro atoms. The lowest BCUT2D eigenvalue weighted by molar-refractivity contribution is 0.210. The Morgan fingerprint density at radius 3 is 2.07 bits per heavy atom. The molecular weight excluding hydrogens is 376 g/mol. The molecule has 1 amide bonds. The molecule has 0 bridgehead atoms. The van der Waals surface area contributed by atoms with Gasteiger partial charge in [-0.3, -0.25) is 5.32 Å². The predicted octanol–water partition coefficient (Wildman–Crippen LogP) is 6.00. The molecule has 3 rings (SSSR count). The number of nitriles is 1. The van der Waals surface area contributed by atoms with Crippen molar-refractivity contribution < 1.29 is 14.6 Å². The zero-order valence-corrected chi connectivity index (χ0v) is 16.4. The van der Waals surface area contributed by atoms with Crippen LogP contribution in [0.15, 0.2) is 66.7 Å². The van der Waals surface area contributed by atoms with Crippen LogP contribution in [0, 0.1) is 11.3 Å². The van der Waals surface area contributed by atoms with Gasteiger partial charge in [0.25, 0.3) is 0 Å². The van der Waals surface area contributed by atoms with Crippen molar-refractivity contribution in [3.8, 4) is 11.8 Å². The van der Waals surface area contributed by atoms with E-state index in [0.29, 0.717) is 11.3 Å². The first-order chi connectivity index (χ1) is 14.6. The third-order valence-electron chi connectivity index (χ3n) is 4.38. The average Bonchev–Trinajstić information content (AvgIpc) is 2.77. The highest BCUT2D eigenvalue weighted by Gasteiger charge is 2.01. The van der Waals surface area contributed by atoms with Crippen LogP contribution >= 0.6 is 0 Å². The fourth-order valence-electron chi connectivity index (χ4n) is 2.82. The maximum absolute atomic E-state index is 10.7. The van der Waals surface area contributed by atoms with Crippen LogP contribution in [0.25, 0.3) is 24.3 Å². The van der Waals surface area contributed by atoms with Crippen LogP contribution in [0.4, 0.5) is 10.5 Å². The SMILES string of the molecule is COc1cc(/C=C/c2ccc(NC(=O)O)cc2)ccc1/C=C/c1ccc(C#N)cc1. The Kier molecular flexibility index (Phi) is 6.65. The Morgan fingerprint density at radius 2 is 1.47 bits per heavy atom. The van der Waals surface area contributed by atoms with Crippen molar-refractivity contribution in [1.82, 2.24) is 0 Å². The van der Waals surface area contributed by atoms with Gasteiger partial charge in [0.05, 0.1) is 18.7 Å². The molecule has 0 unspecified atom stereocenters. The van der Waals surface area contributed by atoms with E-state index in [4.69, 9.17) is 15.1 Å². The highest BCUT2D eigenvalue weighted by Crippen LogP contribution is 2.24. The van der Waals surface area contributed by atoms with Crippen molar-refractivity contribution in [3.63, 3.8) is 0 Å². The number of ether oxygens (including phenoxy) is 1. The number of nitrogens with zero attached hydrogens (tertiary/aromatic N) is 1. The van der Waals surface area contributed by atoms with Crippen LogP contribution in [0.3, 0.4) is 0 Å². The van der Waals surface area contributed by atoms with E-state index in [1.54, 1.807) is 31.4 Å². The van der Waals surface area contributed by atoms with Gasteiger partial charge in [-0.25, -0.2) is 4.79 Å². The number of nitrogens with one attached hydrogen (secondary N) is 1. The Hall–Kier alpha value is -4.30. The van der Waals surface area contributed by atoms with E-state index < -0.39 is 6.09 Å². The molecule has 0 radical (unpaired) electrons. The largest absolute Gasteiger partial charge is 0.496 e. The number of hydrogen-bond acceptors (Lipinski definition) is 3. The summed E-state index contributed by atoms with van der Waals surface area (Å²) >= 11 is 0. The third kappa shape index (κ3) is 5.60. The van der Waals surface area contributed by atoms with E-state index in [2.05, 4.69) is 11.4 Å². The summed E-state index contributed by atoms with van der Waals surface area (Å²) in [6.07, 6.45) is 6.78. The van der Waals surface area contributed by atoms with E-state index in [1.165, 1.54) is 0 Å². The number of methoxy groups -OCH3 is 1. The van der Waals surface area contributed by atoms with Gasteiger partial charge in [0.15, 0.2) is 0 Å². The number of rotatable bonds is 6. The number of hydrogen-bond donors (Lipinski definition) is 2. The normalized spacial score (nSPS) is 10.8. The van der Waals surface area contributed by atoms with E-state index in [-0.39, 0.29) is 0 Å². The quantitative estimate of drug-likeness (QED) is 0.501. The van der Waals surface area contributed by atoms with Gasteiger partial charge in [-0.1, -0.05) is 60.7 Å². The molecule has 0 aliphatic heterocycles. The molecule has 30 heavy (non-hydrogen) atoms. The third-order valence-corrected chi connectivity index (χ3v) is 4.38. The lowest BCUT2D eigenvalue weighted by atomic mass is 10.1. The first-order valence-corrected chi connectivity index (χ1v) is 9.22. The number of benzene rings is 3. The van der Waals surface area contributed by atoms with E-state index >= 15 is 0 Å². The lowest BCUT2D eigenvalue weighted by Gasteiger charge is -2.06. The van der Waals surface area contributed by atoms with Gasteiger partial charge in [0, 0.05) is 11.3 Å². The Bertz CT molecular complexity index is 1120. The minimum Gasteiger partial charge on any atom is -0.496 e. The van der Waals surface area contributed by atoms with Crippen LogP contribution < -0.4 is 10.1 Å². The molecule has 0 fully saturated rings. The summed E-state index contributed by atoms with van der Waals surface area (Å²) < 4.78 is 5.52. The Morgan fingerprint density at radius 1 is 0.900 bits per heavy atom. The van der Waals surface area contributed by atoms with Crippen molar-refractivity contribution in [2.24, 2.45) is 0 Å². The van der Waals surface area contributed by atoms with Crippen molar-refractivity contribution in [2.45, 2.75) is 0 Å². The van der Waals surface area contributed by atoms with E-state index in [0.717, 1.165) is 28.0 Å². The topological polar surface area (TPSA) is 82.3 Å². The van der Waals surface area contributed by atoms with Crippen molar-refractivity contribution in [1.29, 1.82) is 5.26 Å². The van der Waals surface area contributed by atoms with Gasteiger partial charge in [-0.15, -0.1) is 0 Å². The van der Waals surface area contributed by atoms with E-state index in [9.17, 15) is 4.79 Å². The molecule has 0 heterocycles. The van der Waals surface area contributed by atoms with Crippen LogP contribution in [-0.4, -0.2) is 18.3 Å². The highest BCUT2D eigenvalue weighted by atomic mass is 16.5. The molecule has 0 aromatic heterocycles. The van der Waals surface area contributed by atoms with Crippen LogP contribution in [0.5, 0.6) is 5.75 Å². The summed E-state index contributed by atoms with van der Waals surface area (Å²) in [6.45, 7) is 0. The number of amides is 1. The molecule has 2 N–H and O–H groups in total. The standard InChI is InChI=1S/C25H20N2O3/c1-30-24-16-20(5-2-19-10-14-23(15-11-19)27-25(28)29)9-13-22(24)12-8-18-3-6-21(17-26)7-4-18/h2-16,27H,1H3,(H,28,29)/b5-2+,12-8+. The average molecular weight is 396 g/mol. The van der Waals surface area contributed by atoms with Gasteiger partial charge in [0.2, 0.25) is 0 Å². The van der Waals surface area contributed by atoms with Crippen molar-refractivity contribution in [2.75, 3.05) is 12.4 Å². The second-order valence-corrected chi connectivity index (χ2v) is 6.45. The second-order valence-electron chi connectivity index (χ2n) is 6.45. The lowest BCUT2D eigenvalue weighted by Crippen LogP contribution is -2.06. The molecule has 0 saturated heterocycles. The number of carboxylic acid groups (broad SMARTS) is 1. The fraction of sp³-hybridized carbons (Fsp3) is 0.0400. The molecule has 3 aromatic rings. The van der Waals surface area contributed by atoms with Crippen LogP contribution in [0.2, 0.25) is 0 Å². The summed E-state index contributed by atoms with van der Waals surface area (Å²) in [5, 5.41) is 19.9. The van der Waals surface area contributed by atoms with Crippen LogP contribution in [-0.2, 0) is 0 Å². The molecule has 3 aromatic carbocycles. The highest BCUT2D eigenvalue weighted by molar-refractivity contribution is 5.83. The predicted molar refractivity (Wildman–Crippen MR) is 120 cm³/mol. The van der Waals surface area contributed by atoms with E-state index in [1.807, 2.05) is 66.8 Å². The zero-order valence-electron chi connectivity index (χ0n) is 16.4. The molecule has 0 saturated carbocycles. The van der Waals surface area contributed by atoms with Crippen molar-refractivity contribution >= 4 is 36.1 Å². The summed E-state index contributed by atoms with van der Waals surface area (Å²) in [7, 11) is 1.63. The summed E-state index contributed by atoms with van der Waals surface area (Å²) in [5.41, 5.74) is 5.04. The Balaban J connectivity index is 1.73. The minimum atomic E-state index is -1.08. The first kappa shape index (κ1) is 20.4. The maximum Gasteiger partial charge on any atom is 0.409 e. The van der Waals surface area contributed by atoms with Gasteiger partial charge >= 0.3 is 6.09 Å². The molecule has 5 heteroatoms. The summed E-state index contributed by atoms with van der Waals surface area (Å²) in [4.78, 5) is 10.7. The smallest absolute Gasteiger partial charge is 0.409 e. The second kappa shape index (κ2) is 9.76. The van der Waals surface area contributed by atoms with Gasteiger partial charge in [0.1, 0.15) is 5.75 Å². The van der Waals surface area contributed by atoms with Crippen LogP contribution in [0.1, 0.15) is 27.8 Å². The number of carbonyl (C=O) groups is 1. The Labute approximate surface area is 175 Å². The molecule has 148 valence electrons. The molecule has 5 nitrogen and oxygen atoms in total. The first-order valence-electron chi connectivity index (χ1n) is 9.22. The molecule has 0 aliphatic carbocycles. The summed E-state index contributed by atoms with van der Waals surface area (Å²) in [6, 6.07) is 22.5. The number of anilines is 1. The van der Waals surface area contributed by atoms with Gasteiger partial charge < -0.3 is 9.84 Å². The molecule has 0 atom stereocenters. The monoisotopic (exact) mass is 396 g/mol. The maximum atomic E-state index is 10.7.